The van der Waals surface area contributed by atoms with E-state index in [0.29, 0.717) is 18.1 Å². The number of nitrogens with zero attached hydrogens (tertiary/aromatic N) is 2. The van der Waals surface area contributed by atoms with Gasteiger partial charge in [-0.15, -0.1) is 0 Å². The van der Waals surface area contributed by atoms with Gasteiger partial charge < -0.3 is 20.3 Å². The second-order valence-corrected chi connectivity index (χ2v) is 5.91. The highest BCUT2D eigenvalue weighted by atomic mass is 19.1. The monoisotopic (exact) mass is 344 g/mol. The molecule has 6 nitrogen and oxygen atoms in total. The first-order valence-electron chi connectivity index (χ1n) is 8.23. The van der Waals surface area contributed by atoms with E-state index >= 15 is 0 Å². The van der Waals surface area contributed by atoms with Crippen molar-refractivity contribution in [1.82, 2.24) is 10.3 Å². The number of ether oxygens (including phenoxy) is 1. The van der Waals surface area contributed by atoms with E-state index in [1.54, 1.807) is 24.4 Å². The average Bonchev–Trinajstić information content (AvgIpc) is 3.14. The van der Waals surface area contributed by atoms with Crippen molar-refractivity contribution in [3.8, 4) is 5.88 Å². The molecule has 2 amide bonds. The molecule has 1 aromatic carbocycles. The summed E-state index contributed by atoms with van der Waals surface area (Å²) in [5, 5.41) is 5.42. The fraction of sp³-hybridized carbons (Fsp3) is 0.333. The molecule has 7 heteroatoms. The lowest BCUT2D eigenvalue weighted by molar-refractivity contribution is 0.251. The lowest BCUT2D eigenvalue weighted by atomic mass is 10.2. The number of hydrogen-bond donors (Lipinski definition) is 2. The van der Waals surface area contributed by atoms with Crippen LogP contribution in [0.1, 0.15) is 18.4 Å². The molecule has 0 bridgehead atoms. The van der Waals surface area contributed by atoms with Crippen molar-refractivity contribution >= 4 is 17.4 Å². The molecule has 132 valence electrons. The molecule has 2 aromatic rings. The van der Waals surface area contributed by atoms with Gasteiger partial charge in [0, 0.05) is 43.3 Å². The molecular weight excluding hydrogens is 323 g/mol. The maximum atomic E-state index is 13.8. The normalized spacial score (nSPS) is 13.6. The third kappa shape index (κ3) is 4.59. The van der Waals surface area contributed by atoms with E-state index in [-0.39, 0.29) is 5.82 Å². The first-order valence-corrected chi connectivity index (χ1v) is 8.23. The number of benzene rings is 1. The van der Waals surface area contributed by atoms with Gasteiger partial charge in [0.1, 0.15) is 5.82 Å². The summed E-state index contributed by atoms with van der Waals surface area (Å²) in [6, 6.07) is 7.74. The Morgan fingerprint density at radius 3 is 2.84 bits per heavy atom. The van der Waals surface area contributed by atoms with E-state index in [1.807, 2.05) is 0 Å². The van der Waals surface area contributed by atoms with E-state index in [4.69, 9.17) is 4.74 Å². The minimum atomic E-state index is -0.395. The van der Waals surface area contributed by atoms with Crippen molar-refractivity contribution in [3.63, 3.8) is 0 Å². The van der Waals surface area contributed by atoms with Gasteiger partial charge in [0.15, 0.2) is 0 Å². The predicted octanol–water partition coefficient (Wildman–Crippen LogP) is 3.15. The standard InChI is InChI=1S/C18H21FN4O2/c1-25-17-8-13(4-5-20-17)12-21-18(24)22-15-9-14(19)10-16(11-15)23-6-2-3-7-23/h4-5,8-11H,2-3,6-7,12H2,1H3,(H2,21,22,24). The number of anilines is 2. The van der Waals surface area contributed by atoms with Crippen LogP contribution in [0.2, 0.25) is 0 Å². The van der Waals surface area contributed by atoms with Gasteiger partial charge in [0.05, 0.1) is 7.11 Å². The molecule has 1 aliphatic rings. The summed E-state index contributed by atoms with van der Waals surface area (Å²) in [4.78, 5) is 18.2. The molecule has 1 saturated heterocycles. The Morgan fingerprint density at radius 1 is 1.28 bits per heavy atom. The molecule has 0 atom stereocenters. The van der Waals surface area contributed by atoms with Crippen LogP contribution in [0.5, 0.6) is 5.88 Å². The number of methoxy groups -OCH3 is 1. The topological polar surface area (TPSA) is 66.5 Å². The Bertz CT molecular complexity index is 748. The van der Waals surface area contributed by atoms with Gasteiger partial charge >= 0.3 is 6.03 Å². The molecule has 1 aliphatic heterocycles. The van der Waals surface area contributed by atoms with Crippen LogP contribution in [0.3, 0.4) is 0 Å². The Morgan fingerprint density at radius 2 is 2.08 bits per heavy atom. The number of amides is 2. The fourth-order valence-corrected chi connectivity index (χ4v) is 2.83. The largest absolute Gasteiger partial charge is 0.481 e. The Kier molecular flexibility index (Phi) is 5.33. The number of carbonyl (C=O) groups is 1. The van der Waals surface area contributed by atoms with Crippen molar-refractivity contribution in [2.45, 2.75) is 19.4 Å². The number of halogens is 1. The van der Waals surface area contributed by atoms with Crippen molar-refractivity contribution in [3.05, 3.63) is 47.9 Å². The average molecular weight is 344 g/mol. The summed E-state index contributed by atoms with van der Waals surface area (Å²) in [5.74, 6) is 0.124. The highest BCUT2D eigenvalue weighted by Gasteiger charge is 2.14. The molecule has 0 radical (unpaired) electrons. The number of urea groups is 1. The van der Waals surface area contributed by atoms with Crippen molar-refractivity contribution < 1.29 is 13.9 Å². The lowest BCUT2D eigenvalue weighted by Gasteiger charge is -2.19. The number of pyridine rings is 1. The number of hydrogen-bond acceptors (Lipinski definition) is 4. The minimum Gasteiger partial charge on any atom is -0.481 e. The molecule has 2 heterocycles. The number of nitrogens with one attached hydrogen (secondary N) is 2. The molecule has 1 fully saturated rings. The molecule has 25 heavy (non-hydrogen) atoms. The van der Waals surface area contributed by atoms with Gasteiger partial charge in [-0.25, -0.2) is 14.2 Å². The van der Waals surface area contributed by atoms with Gasteiger partial charge in [-0.3, -0.25) is 0 Å². The smallest absolute Gasteiger partial charge is 0.319 e. The predicted molar refractivity (Wildman–Crippen MR) is 94.5 cm³/mol. The second kappa shape index (κ2) is 7.83. The molecule has 2 N–H and O–H groups in total. The van der Waals surface area contributed by atoms with Gasteiger partial charge in [0.25, 0.3) is 0 Å². The molecular formula is C18H21FN4O2. The summed E-state index contributed by atoms with van der Waals surface area (Å²) in [7, 11) is 1.54. The van der Waals surface area contributed by atoms with Crippen LogP contribution in [-0.4, -0.2) is 31.2 Å². The summed E-state index contributed by atoms with van der Waals surface area (Å²) in [6.07, 6.45) is 3.83. The van der Waals surface area contributed by atoms with Crippen molar-refractivity contribution in [2.75, 3.05) is 30.4 Å². The minimum absolute atomic E-state index is 0.318. The summed E-state index contributed by atoms with van der Waals surface area (Å²) < 4.78 is 18.9. The second-order valence-electron chi connectivity index (χ2n) is 5.91. The van der Waals surface area contributed by atoms with E-state index in [0.717, 1.165) is 37.2 Å². The molecule has 0 saturated carbocycles. The maximum Gasteiger partial charge on any atom is 0.319 e. The van der Waals surface area contributed by atoms with Gasteiger partial charge in [0.2, 0.25) is 5.88 Å². The van der Waals surface area contributed by atoms with Crippen LogP contribution in [0.25, 0.3) is 0 Å². The van der Waals surface area contributed by atoms with Crippen LogP contribution >= 0.6 is 0 Å². The molecule has 0 unspecified atom stereocenters. The Labute approximate surface area is 146 Å². The highest BCUT2D eigenvalue weighted by molar-refractivity contribution is 5.89. The van der Waals surface area contributed by atoms with Gasteiger partial charge in [-0.05, 0) is 42.7 Å². The third-order valence-corrected chi connectivity index (χ3v) is 4.07. The van der Waals surface area contributed by atoms with E-state index < -0.39 is 6.03 Å². The van der Waals surface area contributed by atoms with E-state index in [9.17, 15) is 9.18 Å². The first-order chi connectivity index (χ1) is 12.1. The van der Waals surface area contributed by atoms with Crippen molar-refractivity contribution in [2.24, 2.45) is 0 Å². The summed E-state index contributed by atoms with van der Waals surface area (Å²) >= 11 is 0. The zero-order chi connectivity index (χ0) is 17.6. The number of rotatable bonds is 5. The molecule has 0 spiro atoms. The quantitative estimate of drug-likeness (QED) is 0.874. The maximum absolute atomic E-state index is 13.8. The summed E-state index contributed by atoms with van der Waals surface area (Å²) in [5.41, 5.74) is 2.09. The zero-order valence-corrected chi connectivity index (χ0v) is 14.1. The zero-order valence-electron chi connectivity index (χ0n) is 14.1. The Balaban J connectivity index is 1.60. The molecule has 1 aromatic heterocycles. The number of carbonyl (C=O) groups excluding carboxylic acids is 1. The molecule has 0 aliphatic carbocycles. The van der Waals surface area contributed by atoms with Gasteiger partial charge in [-0.1, -0.05) is 0 Å². The van der Waals surface area contributed by atoms with E-state index in [2.05, 4.69) is 20.5 Å². The van der Waals surface area contributed by atoms with E-state index in [1.165, 1.54) is 19.2 Å². The highest BCUT2D eigenvalue weighted by Crippen LogP contribution is 2.25. The van der Waals surface area contributed by atoms with Crippen LogP contribution in [-0.2, 0) is 6.54 Å². The molecule has 3 rings (SSSR count). The van der Waals surface area contributed by atoms with Crippen LogP contribution in [0.4, 0.5) is 20.6 Å². The van der Waals surface area contributed by atoms with Crippen molar-refractivity contribution in [1.29, 1.82) is 0 Å². The van der Waals surface area contributed by atoms with Crippen LogP contribution < -0.4 is 20.3 Å². The third-order valence-electron chi connectivity index (χ3n) is 4.07. The first kappa shape index (κ1) is 17.0. The summed E-state index contributed by atoms with van der Waals surface area (Å²) in [6.45, 7) is 2.15. The lowest BCUT2D eigenvalue weighted by Crippen LogP contribution is -2.28. The van der Waals surface area contributed by atoms with Crippen LogP contribution in [0.15, 0.2) is 36.5 Å². The SMILES string of the molecule is COc1cc(CNC(=O)Nc2cc(F)cc(N3CCCC3)c2)ccn1. The van der Waals surface area contributed by atoms with Gasteiger partial charge in [-0.2, -0.15) is 0 Å². The van der Waals surface area contributed by atoms with Crippen LogP contribution in [0, 0.1) is 5.82 Å². The fourth-order valence-electron chi connectivity index (χ4n) is 2.83. The Hall–Kier alpha value is -2.83. The number of aromatic nitrogens is 1.